The Hall–Kier alpha value is -3.18. The van der Waals surface area contributed by atoms with Crippen molar-refractivity contribution in [1.82, 2.24) is 14.7 Å². The molecule has 0 aliphatic rings. The summed E-state index contributed by atoms with van der Waals surface area (Å²) in [7, 11) is 4.40. The highest BCUT2D eigenvalue weighted by atomic mass is 16.6. The van der Waals surface area contributed by atoms with Crippen LogP contribution in [0.5, 0.6) is 0 Å². The van der Waals surface area contributed by atoms with Gasteiger partial charge in [0.1, 0.15) is 18.1 Å². The van der Waals surface area contributed by atoms with Crippen LogP contribution in [0.4, 0.5) is 0 Å². The average molecular weight is 698 g/mol. The van der Waals surface area contributed by atoms with Gasteiger partial charge in [0.15, 0.2) is 12.2 Å². The highest BCUT2D eigenvalue weighted by molar-refractivity contribution is 5.92. The zero-order chi connectivity index (χ0) is 38.7. The Balaban J connectivity index is 6.49. The average Bonchev–Trinajstić information content (AvgIpc) is 3.02. The minimum Gasteiger partial charge on any atom is -0.480 e. The zero-order valence-corrected chi connectivity index (χ0v) is 33.1. The molecule has 0 aromatic heterocycles. The van der Waals surface area contributed by atoms with E-state index in [0.717, 1.165) is 11.3 Å². The van der Waals surface area contributed by atoms with Gasteiger partial charge < -0.3 is 29.3 Å². The van der Waals surface area contributed by atoms with Crippen LogP contribution in [0, 0.1) is 41.4 Å². The number of carboxylic acids is 1. The van der Waals surface area contributed by atoms with E-state index in [2.05, 4.69) is 0 Å². The van der Waals surface area contributed by atoms with Crippen LogP contribution in [0.1, 0.15) is 109 Å². The number of hydrogen-bond donors (Lipinski definition) is 1. The van der Waals surface area contributed by atoms with E-state index in [0.29, 0.717) is 12.8 Å². The first-order chi connectivity index (χ1) is 22.5. The Labute approximate surface area is 295 Å². The van der Waals surface area contributed by atoms with Gasteiger partial charge in [0, 0.05) is 38.9 Å². The third-order valence-corrected chi connectivity index (χ3v) is 10.1. The number of nitrogens with zero attached hydrogens (tertiary/aromatic N) is 3. The molecular weight excluding hydrogens is 630 g/mol. The van der Waals surface area contributed by atoms with Crippen molar-refractivity contribution >= 4 is 35.6 Å². The lowest BCUT2D eigenvalue weighted by atomic mass is 9.91. The smallest absolute Gasteiger partial charge is 0.329 e. The molecule has 12 heteroatoms. The normalized spacial score (nSPS) is 17.2. The van der Waals surface area contributed by atoms with Crippen LogP contribution in [-0.2, 0) is 38.2 Å². The van der Waals surface area contributed by atoms with Crippen molar-refractivity contribution in [1.29, 1.82) is 0 Å². The van der Waals surface area contributed by atoms with Crippen LogP contribution in [0.25, 0.3) is 0 Å². The summed E-state index contributed by atoms with van der Waals surface area (Å²) in [5, 5.41) is 9.77. The first kappa shape index (κ1) is 45.8. The van der Waals surface area contributed by atoms with Crippen molar-refractivity contribution in [3.63, 3.8) is 0 Å². The second-order valence-corrected chi connectivity index (χ2v) is 14.9. The van der Waals surface area contributed by atoms with E-state index in [4.69, 9.17) is 9.47 Å². The third kappa shape index (κ3) is 12.0. The van der Waals surface area contributed by atoms with Crippen molar-refractivity contribution < 1.29 is 43.3 Å². The van der Waals surface area contributed by atoms with E-state index in [-0.39, 0.29) is 23.7 Å². The Bertz CT molecular complexity index is 1120. The molecule has 0 radical (unpaired) electrons. The molecule has 1 unspecified atom stereocenters. The minimum absolute atomic E-state index is 0.110. The number of ether oxygens (including phenoxy) is 2. The summed E-state index contributed by atoms with van der Waals surface area (Å²) in [6.07, 6.45) is -0.785. The number of amides is 3. The summed E-state index contributed by atoms with van der Waals surface area (Å²) in [6, 6.07) is -3.21. The molecule has 0 saturated heterocycles. The Morgan fingerprint density at radius 3 is 1.04 bits per heavy atom. The first-order valence-electron chi connectivity index (χ1n) is 18.0. The lowest BCUT2D eigenvalue weighted by molar-refractivity contribution is -0.177. The number of carboxylic acid groups (broad SMARTS) is 1. The van der Waals surface area contributed by atoms with Crippen LogP contribution in [-0.4, -0.2) is 107 Å². The SMILES string of the molecule is CC[C@@H](C)C(C)C(=O)N(C)[C@H](C(=O)O[C@@H](C(=O)N(C)[C@H](C(=O)O[C@@H](C(=O)N(C)[C@H](C(=O)O)C(C)C)[C@H](C)CC)C(C)C)[C@H](C)CC)C(C)C. The standard InChI is InChI=1S/C37H67N3O9/c1-17-23(10)26(13)32(41)39(15)28(21(6)7)36(46)49-31(25(12)19-3)34(43)40(16)29(22(8)9)37(47)48-30(24(11)18-2)33(42)38(14)27(20(4)5)35(44)45/h20-31H,17-19H2,1-16H3,(H,44,45)/t23-,24-,25-,26?,27+,28+,29+,30-,31-/m1/s1. The maximum absolute atomic E-state index is 14.1. The Morgan fingerprint density at radius 1 is 0.490 bits per heavy atom. The summed E-state index contributed by atoms with van der Waals surface area (Å²) in [6.45, 7) is 23.5. The van der Waals surface area contributed by atoms with Crippen LogP contribution >= 0.6 is 0 Å². The Kier molecular flexibility index (Phi) is 19.2. The second-order valence-electron chi connectivity index (χ2n) is 14.9. The van der Waals surface area contributed by atoms with Gasteiger partial charge in [0.05, 0.1) is 0 Å². The number of rotatable bonds is 20. The molecule has 9 atom stereocenters. The Morgan fingerprint density at radius 2 is 0.776 bits per heavy atom. The molecule has 0 bridgehead atoms. The summed E-state index contributed by atoms with van der Waals surface area (Å²) < 4.78 is 11.8. The molecule has 0 spiro atoms. The quantitative estimate of drug-likeness (QED) is 0.171. The predicted octanol–water partition coefficient (Wildman–Crippen LogP) is 5.12. The van der Waals surface area contributed by atoms with Gasteiger partial charge in [-0.3, -0.25) is 14.4 Å². The van der Waals surface area contributed by atoms with E-state index in [9.17, 15) is 33.9 Å². The molecule has 0 saturated carbocycles. The molecule has 0 aromatic rings. The van der Waals surface area contributed by atoms with Crippen LogP contribution < -0.4 is 0 Å². The number of esters is 2. The third-order valence-electron chi connectivity index (χ3n) is 10.1. The molecule has 12 nitrogen and oxygen atoms in total. The predicted molar refractivity (Wildman–Crippen MR) is 189 cm³/mol. The lowest BCUT2D eigenvalue weighted by Crippen LogP contribution is -2.56. The van der Waals surface area contributed by atoms with Crippen LogP contribution in [0.15, 0.2) is 0 Å². The molecular formula is C37H67N3O9. The molecule has 0 heterocycles. The van der Waals surface area contributed by atoms with E-state index >= 15 is 0 Å². The van der Waals surface area contributed by atoms with E-state index in [1.54, 1.807) is 48.6 Å². The first-order valence-corrected chi connectivity index (χ1v) is 18.0. The van der Waals surface area contributed by atoms with Gasteiger partial charge in [-0.05, 0) is 36.5 Å². The summed E-state index contributed by atoms with van der Waals surface area (Å²) in [5.41, 5.74) is 0. The number of hydrogen-bond acceptors (Lipinski definition) is 8. The monoisotopic (exact) mass is 697 g/mol. The van der Waals surface area contributed by atoms with Crippen molar-refractivity contribution in [2.45, 2.75) is 140 Å². The molecule has 0 aliphatic carbocycles. The number of aliphatic carboxylic acids is 1. The molecule has 0 aromatic carbocycles. The molecule has 284 valence electrons. The maximum Gasteiger partial charge on any atom is 0.329 e. The zero-order valence-electron chi connectivity index (χ0n) is 33.1. The molecule has 0 aliphatic heterocycles. The largest absolute Gasteiger partial charge is 0.480 e. The minimum atomic E-state index is -1.28. The number of carbonyl (C=O) groups excluding carboxylic acids is 5. The van der Waals surface area contributed by atoms with Gasteiger partial charge in [0.2, 0.25) is 5.91 Å². The number of likely N-dealkylation sites (N-methyl/N-ethyl adjacent to an activating group) is 3. The number of carbonyl (C=O) groups is 6. The van der Waals surface area contributed by atoms with E-state index in [1.807, 2.05) is 48.5 Å². The van der Waals surface area contributed by atoms with Gasteiger partial charge in [-0.25, -0.2) is 14.4 Å². The van der Waals surface area contributed by atoms with E-state index < -0.39 is 83.7 Å². The molecule has 1 N–H and O–H groups in total. The topological polar surface area (TPSA) is 151 Å². The molecule has 49 heavy (non-hydrogen) atoms. The van der Waals surface area contributed by atoms with Crippen molar-refractivity contribution in [3.05, 3.63) is 0 Å². The molecule has 0 rings (SSSR count). The van der Waals surface area contributed by atoms with Crippen LogP contribution in [0.3, 0.4) is 0 Å². The van der Waals surface area contributed by atoms with Gasteiger partial charge >= 0.3 is 17.9 Å². The van der Waals surface area contributed by atoms with Gasteiger partial charge in [-0.2, -0.15) is 0 Å². The highest BCUT2D eigenvalue weighted by Gasteiger charge is 2.43. The summed E-state index contributed by atoms with van der Waals surface area (Å²) in [4.78, 5) is 84.4. The van der Waals surface area contributed by atoms with Gasteiger partial charge in [0.25, 0.3) is 11.8 Å². The summed E-state index contributed by atoms with van der Waals surface area (Å²) >= 11 is 0. The van der Waals surface area contributed by atoms with Gasteiger partial charge in [-0.15, -0.1) is 0 Å². The van der Waals surface area contributed by atoms with Crippen molar-refractivity contribution in [2.75, 3.05) is 21.1 Å². The van der Waals surface area contributed by atoms with Crippen LogP contribution in [0.2, 0.25) is 0 Å². The second kappa shape index (κ2) is 20.5. The highest BCUT2D eigenvalue weighted by Crippen LogP contribution is 2.25. The van der Waals surface area contributed by atoms with Crippen molar-refractivity contribution in [2.24, 2.45) is 41.4 Å². The summed E-state index contributed by atoms with van der Waals surface area (Å²) in [5.74, 6) is -6.39. The van der Waals surface area contributed by atoms with E-state index in [1.165, 1.54) is 23.9 Å². The van der Waals surface area contributed by atoms with Crippen molar-refractivity contribution in [3.8, 4) is 0 Å². The fraction of sp³-hybridized carbons (Fsp3) is 0.838. The fourth-order valence-electron chi connectivity index (χ4n) is 6.02. The molecule has 3 amide bonds. The molecule has 0 fully saturated rings. The van der Waals surface area contributed by atoms with Gasteiger partial charge in [-0.1, -0.05) is 96.4 Å². The lowest BCUT2D eigenvalue weighted by Gasteiger charge is -2.37. The maximum atomic E-state index is 14.1. The fourth-order valence-corrected chi connectivity index (χ4v) is 6.02.